The summed E-state index contributed by atoms with van der Waals surface area (Å²) in [5.41, 5.74) is 0. The van der Waals surface area contributed by atoms with Gasteiger partial charge in [0.25, 0.3) is 0 Å². The first kappa shape index (κ1) is 15.4. The van der Waals surface area contributed by atoms with Crippen LogP contribution in [0.15, 0.2) is 0 Å². The molecule has 0 aromatic heterocycles. The zero-order valence-electron chi connectivity index (χ0n) is 12.3. The lowest BCUT2D eigenvalue weighted by atomic mass is 9.93. The molecule has 1 unspecified atom stereocenters. The number of carbonyl (C=O) groups is 1. The van der Waals surface area contributed by atoms with Crippen molar-refractivity contribution in [2.24, 2.45) is 5.92 Å². The van der Waals surface area contributed by atoms with Crippen molar-refractivity contribution in [2.45, 2.75) is 51.6 Å². The van der Waals surface area contributed by atoms with Gasteiger partial charge in [-0.15, -0.1) is 0 Å². The molecule has 0 aliphatic carbocycles. The third-order valence-corrected chi connectivity index (χ3v) is 4.12. The van der Waals surface area contributed by atoms with Crippen molar-refractivity contribution in [3.63, 3.8) is 0 Å². The highest BCUT2D eigenvalue weighted by molar-refractivity contribution is 5.82. The van der Waals surface area contributed by atoms with Crippen molar-refractivity contribution in [3.05, 3.63) is 0 Å². The minimum absolute atomic E-state index is 0.0366. The molecule has 1 amide bonds. The third-order valence-electron chi connectivity index (χ3n) is 4.12. The van der Waals surface area contributed by atoms with Crippen LogP contribution in [0.3, 0.4) is 0 Å². The zero-order chi connectivity index (χ0) is 13.5. The van der Waals surface area contributed by atoms with Crippen molar-refractivity contribution in [2.75, 3.05) is 27.2 Å². The number of hydrogen-bond donors (Lipinski definition) is 2. The smallest absolute Gasteiger partial charge is 0.237 e. The van der Waals surface area contributed by atoms with Crippen LogP contribution in [0, 0.1) is 5.92 Å². The van der Waals surface area contributed by atoms with E-state index in [1.165, 1.54) is 0 Å². The van der Waals surface area contributed by atoms with E-state index >= 15 is 0 Å². The molecule has 18 heavy (non-hydrogen) atoms. The van der Waals surface area contributed by atoms with Crippen molar-refractivity contribution >= 4 is 5.91 Å². The largest absolute Gasteiger partial charge is 0.353 e. The molecular formula is C14H29N3O. The van der Waals surface area contributed by atoms with Crippen LogP contribution in [0.1, 0.15) is 39.5 Å². The maximum atomic E-state index is 12.0. The lowest BCUT2D eigenvalue weighted by Crippen LogP contribution is -2.48. The van der Waals surface area contributed by atoms with E-state index in [-0.39, 0.29) is 11.9 Å². The van der Waals surface area contributed by atoms with Gasteiger partial charge in [-0.2, -0.15) is 0 Å². The predicted octanol–water partition coefficient (Wildman–Crippen LogP) is 1.22. The summed E-state index contributed by atoms with van der Waals surface area (Å²) in [5, 5.41) is 6.35. The number of nitrogens with zero attached hydrogens (tertiary/aromatic N) is 1. The van der Waals surface area contributed by atoms with Crippen LogP contribution in [0.25, 0.3) is 0 Å². The Morgan fingerprint density at radius 3 is 2.50 bits per heavy atom. The Labute approximate surface area is 111 Å². The second kappa shape index (κ2) is 7.74. The average molecular weight is 255 g/mol. The Hall–Kier alpha value is -0.610. The minimum Gasteiger partial charge on any atom is -0.353 e. The molecule has 0 radical (unpaired) electrons. The predicted molar refractivity (Wildman–Crippen MR) is 75.6 cm³/mol. The SMILES string of the molecule is CCC(CC)C(CNC(=O)[C@H]1CCCN1)N(C)C. The van der Waals surface area contributed by atoms with Gasteiger partial charge >= 0.3 is 0 Å². The third kappa shape index (κ3) is 4.25. The molecular weight excluding hydrogens is 226 g/mol. The fourth-order valence-electron chi connectivity index (χ4n) is 2.84. The molecule has 1 fully saturated rings. The summed E-state index contributed by atoms with van der Waals surface area (Å²) in [6.07, 6.45) is 4.42. The first-order valence-corrected chi connectivity index (χ1v) is 7.27. The Morgan fingerprint density at radius 1 is 1.39 bits per heavy atom. The van der Waals surface area contributed by atoms with Gasteiger partial charge in [0, 0.05) is 12.6 Å². The number of carbonyl (C=O) groups excluding carboxylic acids is 1. The van der Waals surface area contributed by atoms with Gasteiger partial charge in [-0.1, -0.05) is 26.7 Å². The quantitative estimate of drug-likeness (QED) is 0.719. The van der Waals surface area contributed by atoms with E-state index in [1.54, 1.807) is 0 Å². The first-order valence-electron chi connectivity index (χ1n) is 7.27. The van der Waals surface area contributed by atoms with Gasteiger partial charge < -0.3 is 15.5 Å². The lowest BCUT2D eigenvalue weighted by Gasteiger charge is -2.31. The molecule has 0 aromatic carbocycles. The highest BCUT2D eigenvalue weighted by Gasteiger charge is 2.25. The molecule has 1 heterocycles. The van der Waals surface area contributed by atoms with Crippen LogP contribution >= 0.6 is 0 Å². The van der Waals surface area contributed by atoms with Gasteiger partial charge in [-0.05, 0) is 39.4 Å². The van der Waals surface area contributed by atoms with Crippen LogP contribution in [0.2, 0.25) is 0 Å². The Bertz CT molecular complexity index is 245. The molecule has 106 valence electrons. The molecule has 4 heteroatoms. The van der Waals surface area contributed by atoms with Gasteiger partial charge in [-0.25, -0.2) is 0 Å². The zero-order valence-corrected chi connectivity index (χ0v) is 12.3. The average Bonchev–Trinajstić information content (AvgIpc) is 2.87. The molecule has 0 aromatic rings. The molecule has 1 aliphatic heterocycles. The van der Waals surface area contributed by atoms with Crippen LogP contribution in [-0.2, 0) is 4.79 Å². The number of nitrogens with one attached hydrogen (secondary N) is 2. The van der Waals surface area contributed by atoms with Crippen molar-refractivity contribution in [1.29, 1.82) is 0 Å². The van der Waals surface area contributed by atoms with Gasteiger partial charge in [0.2, 0.25) is 5.91 Å². The van der Waals surface area contributed by atoms with E-state index in [0.29, 0.717) is 12.0 Å². The van der Waals surface area contributed by atoms with Crippen LogP contribution in [0.4, 0.5) is 0 Å². The molecule has 0 spiro atoms. The van der Waals surface area contributed by atoms with Gasteiger partial charge in [-0.3, -0.25) is 4.79 Å². The van der Waals surface area contributed by atoms with Crippen molar-refractivity contribution < 1.29 is 4.79 Å². The fraction of sp³-hybridized carbons (Fsp3) is 0.929. The standard InChI is InChI=1S/C14H29N3O/c1-5-11(6-2)13(17(3)4)10-16-14(18)12-8-7-9-15-12/h11-13,15H,5-10H2,1-4H3,(H,16,18)/t12-,13?/m1/s1. The molecule has 1 saturated heterocycles. The van der Waals surface area contributed by atoms with E-state index in [0.717, 1.165) is 38.8 Å². The summed E-state index contributed by atoms with van der Waals surface area (Å²) in [5.74, 6) is 0.821. The maximum Gasteiger partial charge on any atom is 0.237 e. The second-order valence-corrected chi connectivity index (χ2v) is 5.50. The summed E-state index contributed by atoms with van der Waals surface area (Å²) in [6, 6.07) is 0.472. The molecule has 0 saturated carbocycles. The highest BCUT2D eigenvalue weighted by Crippen LogP contribution is 2.16. The Morgan fingerprint density at radius 2 is 2.06 bits per heavy atom. The van der Waals surface area contributed by atoms with E-state index < -0.39 is 0 Å². The van der Waals surface area contributed by atoms with Gasteiger partial charge in [0.15, 0.2) is 0 Å². The van der Waals surface area contributed by atoms with Crippen LogP contribution in [0.5, 0.6) is 0 Å². The second-order valence-electron chi connectivity index (χ2n) is 5.50. The number of hydrogen-bond acceptors (Lipinski definition) is 3. The summed E-state index contributed by atoms with van der Waals surface area (Å²) in [7, 11) is 4.20. The monoisotopic (exact) mass is 255 g/mol. The number of amides is 1. The highest BCUT2D eigenvalue weighted by atomic mass is 16.2. The van der Waals surface area contributed by atoms with Crippen LogP contribution in [-0.4, -0.2) is 50.1 Å². The molecule has 2 atom stereocenters. The molecule has 4 nitrogen and oxygen atoms in total. The normalized spacial score (nSPS) is 21.6. The maximum absolute atomic E-state index is 12.0. The van der Waals surface area contributed by atoms with Crippen LogP contribution < -0.4 is 10.6 Å². The van der Waals surface area contributed by atoms with E-state index in [9.17, 15) is 4.79 Å². The summed E-state index contributed by atoms with van der Waals surface area (Å²) >= 11 is 0. The van der Waals surface area contributed by atoms with E-state index in [1.807, 2.05) is 0 Å². The van der Waals surface area contributed by atoms with Gasteiger partial charge in [0.1, 0.15) is 0 Å². The first-order chi connectivity index (χ1) is 8.60. The number of likely N-dealkylation sites (N-methyl/N-ethyl adjacent to an activating group) is 1. The Balaban J connectivity index is 2.43. The van der Waals surface area contributed by atoms with Gasteiger partial charge in [0.05, 0.1) is 6.04 Å². The molecule has 1 aliphatic rings. The van der Waals surface area contributed by atoms with E-state index in [4.69, 9.17) is 0 Å². The summed E-state index contributed by atoms with van der Waals surface area (Å²) < 4.78 is 0. The number of rotatable bonds is 7. The fourth-order valence-corrected chi connectivity index (χ4v) is 2.84. The lowest BCUT2D eigenvalue weighted by molar-refractivity contribution is -0.123. The molecule has 1 rings (SSSR count). The van der Waals surface area contributed by atoms with Crippen molar-refractivity contribution in [1.82, 2.24) is 15.5 Å². The molecule has 0 bridgehead atoms. The minimum atomic E-state index is 0.0366. The summed E-state index contributed by atoms with van der Waals surface area (Å²) in [6.45, 7) is 6.19. The summed E-state index contributed by atoms with van der Waals surface area (Å²) in [4.78, 5) is 14.2. The molecule has 2 N–H and O–H groups in total. The Kier molecular flexibility index (Phi) is 6.65. The van der Waals surface area contributed by atoms with E-state index in [2.05, 4.69) is 43.5 Å². The topological polar surface area (TPSA) is 44.4 Å². The van der Waals surface area contributed by atoms with Crippen molar-refractivity contribution in [3.8, 4) is 0 Å².